The van der Waals surface area contributed by atoms with Crippen molar-refractivity contribution in [3.8, 4) is 0 Å². The molecule has 8 nitrogen and oxygen atoms in total. The predicted molar refractivity (Wildman–Crippen MR) is 186 cm³/mol. The first-order valence-electron chi connectivity index (χ1n) is 16.1. The summed E-state index contributed by atoms with van der Waals surface area (Å²) in [5, 5.41) is 49.9. The maximum atomic E-state index is 10.8. The zero-order valence-electron chi connectivity index (χ0n) is 27.1. The molecular formula is C38H44Cu2N4O4. The predicted octanol–water partition coefficient (Wildman–Crippen LogP) is 8.41. The topological polar surface area (TPSA) is 93.9 Å². The second-order valence-corrected chi connectivity index (χ2v) is 11.3. The third kappa shape index (κ3) is 8.39. The number of aliphatic hydroxyl groups excluding tert-OH is 4. The minimum Gasteiger partial charge on any atom is -0.493 e. The molecule has 2 unspecified atom stereocenters. The Morgan fingerprint density at radius 2 is 0.729 bits per heavy atom. The molecule has 2 radical (unpaired) electrons. The van der Waals surface area contributed by atoms with Crippen molar-refractivity contribution in [3.05, 3.63) is 144 Å². The van der Waals surface area contributed by atoms with E-state index >= 15 is 0 Å². The van der Waals surface area contributed by atoms with Gasteiger partial charge in [0.25, 0.3) is 0 Å². The molecule has 48 heavy (non-hydrogen) atoms. The van der Waals surface area contributed by atoms with Crippen LogP contribution in [0.2, 0.25) is 0 Å². The SMILES string of the molecule is CCCCC1=C(O)N(c2ccccc2)N(c2ccccc2)C1O.CCCCC1=C(O)N(c2ccccc2)N(c2ccccc2)C1O.[Cu].[Cu]. The van der Waals surface area contributed by atoms with Crippen LogP contribution in [-0.4, -0.2) is 32.9 Å². The molecule has 0 bridgehead atoms. The molecule has 4 N–H and O–H groups in total. The van der Waals surface area contributed by atoms with Crippen LogP contribution in [0.15, 0.2) is 144 Å². The summed E-state index contributed by atoms with van der Waals surface area (Å²) in [7, 11) is 0. The number of benzene rings is 4. The van der Waals surface area contributed by atoms with Crippen molar-refractivity contribution in [3.63, 3.8) is 0 Å². The standard InChI is InChI=1S/2C19H22N2O2.2Cu/c2*1-2-3-14-17-18(22)20(15-10-6-4-7-11-15)21(19(17)23)16-12-8-5-9-13-16;;/h2*4-13,18,22-23H,2-3,14H2,1H3;;. The molecule has 4 aromatic carbocycles. The Kier molecular flexibility index (Phi) is 14.9. The van der Waals surface area contributed by atoms with Crippen LogP contribution in [0.1, 0.15) is 52.4 Å². The minimum absolute atomic E-state index is 0. The van der Waals surface area contributed by atoms with E-state index in [0.717, 1.165) is 48.4 Å². The Balaban J connectivity index is 0.000000250. The van der Waals surface area contributed by atoms with Gasteiger partial charge in [-0.15, -0.1) is 0 Å². The molecule has 0 aliphatic carbocycles. The summed E-state index contributed by atoms with van der Waals surface area (Å²) in [6.45, 7) is 4.20. The van der Waals surface area contributed by atoms with Crippen molar-refractivity contribution in [1.29, 1.82) is 0 Å². The van der Waals surface area contributed by atoms with Crippen LogP contribution in [0, 0.1) is 0 Å². The smallest absolute Gasteiger partial charge is 0.214 e. The van der Waals surface area contributed by atoms with E-state index < -0.39 is 12.5 Å². The van der Waals surface area contributed by atoms with Gasteiger partial charge in [0.2, 0.25) is 11.8 Å². The molecule has 262 valence electrons. The zero-order chi connectivity index (χ0) is 32.5. The number of hydrazine groups is 2. The summed E-state index contributed by atoms with van der Waals surface area (Å²) in [6.07, 6.45) is 3.53. The maximum absolute atomic E-state index is 10.8. The summed E-state index contributed by atoms with van der Waals surface area (Å²) in [6, 6.07) is 38.5. The fourth-order valence-electron chi connectivity index (χ4n) is 5.74. The molecule has 2 heterocycles. The van der Waals surface area contributed by atoms with Gasteiger partial charge < -0.3 is 20.4 Å². The van der Waals surface area contributed by atoms with E-state index in [-0.39, 0.29) is 45.9 Å². The van der Waals surface area contributed by atoms with E-state index in [4.69, 9.17) is 0 Å². The van der Waals surface area contributed by atoms with E-state index in [1.54, 1.807) is 20.0 Å². The molecule has 0 fully saturated rings. The summed E-state index contributed by atoms with van der Waals surface area (Å²) < 4.78 is 0. The number of nitrogens with zero attached hydrogens (tertiary/aromatic N) is 4. The van der Waals surface area contributed by atoms with Gasteiger partial charge in [-0.2, -0.15) is 0 Å². The van der Waals surface area contributed by atoms with Crippen molar-refractivity contribution in [1.82, 2.24) is 0 Å². The summed E-state index contributed by atoms with van der Waals surface area (Å²) in [5.74, 6) is 0.252. The molecule has 0 amide bonds. The number of unbranched alkanes of at least 4 members (excludes halogenated alkanes) is 2. The van der Waals surface area contributed by atoms with Crippen LogP contribution in [-0.2, 0) is 34.1 Å². The second kappa shape index (κ2) is 18.6. The molecule has 0 aromatic heterocycles. The molecule has 2 aliphatic heterocycles. The first-order chi connectivity index (χ1) is 22.5. The Bertz CT molecular complexity index is 1470. The van der Waals surface area contributed by atoms with Crippen LogP contribution < -0.4 is 20.0 Å². The molecule has 6 rings (SSSR count). The molecule has 0 saturated carbocycles. The van der Waals surface area contributed by atoms with Gasteiger partial charge in [0, 0.05) is 45.3 Å². The van der Waals surface area contributed by atoms with Crippen LogP contribution in [0.4, 0.5) is 22.7 Å². The fourth-order valence-corrected chi connectivity index (χ4v) is 5.74. The first-order valence-corrected chi connectivity index (χ1v) is 16.1. The van der Waals surface area contributed by atoms with E-state index in [1.807, 2.05) is 121 Å². The second-order valence-electron chi connectivity index (χ2n) is 11.3. The zero-order valence-corrected chi connectivity index (χ0v) is 29.0. The monoisotopic (exact) mass is 746 g/mol. The summed E-state index contributed by atoms with van der Waals surface area (Å²) >= 11 is 0. The largest absolute Gasteiger partial charge is 0.493 e. The van der Waals surface area contributed by atoms with Gasteiger partial charge in [0.1, 0.15) is 0 Å². The molecular weight excluding hydrogens is 704 g/mol. The van der Waals surface area contributed by atoms with Crippen LogP contribution in [0.3, 0.4) is 0 Å². The van der Waals surface area contributed by atoms with Crippen LogP contribution in [0.5, 0.6) is 0 Å². The Labute approximate surface area is 305 Å². The van der Waals surface area contributed by atoms with Gasteiger partial charge in [-0.05, 0) is 74.2 Å². The normalized spacial score (nSPS) is 17.2. The molecule has 0 saturated heterocycles. The number of anilines is 4. The number of rotatable bonds is 10. The summed E-state index contributed by atoms with van der Waals surface area (Å²) in [5.41, 5.74) is 4.64. The van der Waals surface area contributed by atoms with Gasteiger partial charge in [0.05, 0.1) is 22.7 Å². The Hall–Kier alpha value is -3.88. The van der Waals surface area contributed by atoms with Crippen LogP contribution >= 0.6 is 0 Å². The molecule has 2 atom stereocenters. The number of para-hydroxylation sites is 4. The third-order valence-electron chi connectivity index (χ3n) is 8.14. The molecule has 4 aromatic rings. The van der Waals surface area contributed by atoms with Gasteiger partial charge in [-0.25, -0.2) is 20.0 Å². The molecule has 10 heteroatoms. The third-order valence-corrected chi connectivity index (χ3v) is 8.14. The number of hydrogen-bond acceptors (Lipinski definition) is 8. The van der Waals surface area contributed by atoms with E-state index in [9.17, 15) is 20.4 Å². The van der Waals surface area contributed by atoms with Crippen LogP contribution in [0.25, 0.3) is 0 Å². The average molecular weight is 748 g/mol. The van der Waals surface area contributed by atoms with E-state index in [1.165, 1.54) is 0 Å². The average Bonchev–Trinajstić information content (AvgIpc) is 3.51. The van der Waals surface area contributed by atoms with Crippen molar-refractivity contribution in [2.75, 3.05) is 20.0 Å². The number of aliphatic hydroxyl groups is 4. The first kappa shape index (κ1) is 38.6. The van der Waals surface area contributed by atoms with E-state index in [2.05, 4.69) is 13.8 Å². The van der Waals surface area contributed by atoms with Gasteiger partial charge >= 0.3 is 0 Å². The fraction of sp³-hybridized carbons (Fsp3) is 0.263. The number of hydrogen-bond donors (Lipinski definition) is 4. The van der Waals surface area contributed by atoms with E-state index in [0.29, 0.717) is 24.0 Å². The van der Waals surface area contributed by atoms with Gasteiger partial charge in [-0.3, -0.25) is 0 Å². The Morgan fingerprint density at radius 3 is 1.00 bits per heavy atom. The molecule has 0 spiro atoms. The molecule has 2 aliphatic rings. The van der Waals surface area contributed by atoms with Crippen molar-refractivity contribution < 1.29 is 54.6 Å². The quantitative estimate of drug-likeness (QED) is 0.120. The summed E-state index contributed by atoms with van der Waals surface area (Å²) in [4.78, 5) is 0. The van der Waals surface area contributed by atoms with Crippen molar-refractivity contribution in [2.45, 2.75) is 64.8 Å². The van der Waals surface area contributed by atoms with Crippen molar-refractivity contribution in [2.24, 2.45) is 0 Å². The van der Waals surface area contributed by atoms with Gasteiger partial charge in [0.15, 0.2) is 12.5 Å². The van der Waals surface area contributed by atoms with Crippen molar-refractivity contribution >= 4 is 22.7 Å². The Morgan fingerprint density at radius 1 is 0.458 bits per heavy atom. The maximum Gasteiger partial charge on any atom is 0.214 e. The minimum atomic E-state index is -0.857. The van der Waals surface area contributed by atoms with Gasteiger partial charge in [-0.1, -0.05) is 99.5 Å².